The van der Waals surface area contributed by atoms with Gasteiger partial charge in [-0.2, -0.15) is 0 Å². The molecule has 1 aromatic carbocycles. The van der Waals surface area contributed by atoms with Crippen molar-refractivity contribution in [2.45, 2.75) is 43.8 Å². The number of carboxylic acids is 2. The topological polar surface area (TPSA) is 273 Å². The number of carbonyl (C=O) groups excluding carboxylic acids is 3. The normalized spacial score (nSPS) is 12.9. The minimum atomic E-state index is -1.58. The van der Waals surface area contributed by atoms with Crippen LogP contribution in [0.3, 0.4) is 0 Å². The number of carboxylic acid groups (broad SMARTS) is 2. The largest absolute Gasteiger partial charge is 0.508 e. The van der Waals surface area contributed by atoms with Gasteiger partial charge < -0.3 is 48.5 Å². The Hall–Kier alpha value is -4.40. The van der Waals surface area contributed by atoms with Gasteiger partial charge in [-0.1, -0.05) is 12.1 Å². The molecule has 12 N–H and O–H groups in total. The van der Waals surface area contributed by atoms with E-state index in [1.165, 1.54) is 12.1 Å². The van der Waals surface area contributed by atoms with Crippen molar-refractivity contribution in [2.24, 2.45) is 22.2 Å². The lowest BCUT2D eigenvalue weighted by Gasteiger charge is -2.23. The molecule has 0 aliphatic rings. The zero-order valence-corrected chi connectivity index (χ0v) is 19.3. The van der Waals surface area contributed by atoms with Crippen molar-refractivity contribution in [3.05, 3.63) is 29.8 Å². The van der Waals surface area contributed by atoms with Crippen molar-refractivity contribution in [2.75, 3.05) is 13.1 Å². The molecule has 0 aliphatic heterocycles. The third-order valence-electron chi connectivity index (χ3n) is 4.73. The molecule has 3 atom stereocenters. The molecule has 198 valence electrons. The number of phenols is 1. The highest BCUT2D eigenvalue weighted by atomic mass is 16.4. The molecule has 3 amide bonds. The quantitative estimate of drug-likeness (QED) is 0.0651. The van der Waals surface area contributed by atoms with Crippen molar-refractivity contribution in [1.29, 1.82) is 0 Å². The number of hydrogen-bond acceptors (Lipinski definition) is 8. The van der Waals surface area contributed by atoms with E-state index in [1.54, 1.807) is 12.1 Å². The molecule has 0 radical (unpaired) electrons. The van der Waals surface area contributed by atoms with Crippen molar-refractivity contribution in [3.63, 3.8) is 0 Å². The Morgan fingerprint density at radius 3 is 2.06 bits per heavy atom. The summed E-state index contributed by atoms with van der Waals surface area (Å²) in [6.07, 6.45) is -0.557. The van der Waals surface area contributed by atoms with Crippen LogP contribution < -0.4 is 33.2 Å². The predicted molar refractivity (Wildman–Crippen MR) is 126 cm³/mol. The Morgan fingerprint density at radius 1 is 0.889 bits per heavy atom. The highest BCUT2D eigenvalue weighted by Crippen LogP contribution is 2.11. The summed E-state index contributed by atoms with van der Waals surface area (Å²) in [5.41, 5.74) is 17.0. The van der Waals surface area contributed by atoms with Crippen LogP contribution in [0.2, 0.25) is 0 Å². The van der Waals surface area contributed by atoms with E-state index >= 15 is 0 Å². The average molecular weight is 510 g/mol. The number of hydrogen-bond donors (Lipinski definition) is 9. The maximum atomic E-state index is 12.8. The van der Waals surface area contributed by atoms with Gasteiger partial charge in [0.25, 0.3) is 0 Å². The minimum absolute atomic E-state index is 0.0118. The number of phenolic OH excluding ortho intramolecular Hbond substituents is 1. The van der Waals surface area contributed by atoms with Crippen molar-refractivity contribution < 1.29 is 39.3 Å². The van der Waals surface area contributed by atoms with Gasteiger partial charge >= 0.3 is 11.9 Å². The predicted octanol–water partition coefficient (Wildman–Crippen LogP) is -3.04. The molecule has 0 heterocycles. The summed E-state index contributed by atoms with van der Waals surface area (Å²) in [6.45, 7) is -0.594. The summed E-state index contributed by atoms with van der Waals surface area (Å²) in [7, 11) is 0. The number of guanidine groups is 1. The summed E-state index contributed by atoms with van der Waals surface area (Å²) in [5, 5.41) is 34.0. The molecule has 0 spiro atoms. The minimum Gasteiger partial charge on any atom is -0.508 e. The van der Waals surface area contributed by atoms with E-state index in [2.05, 4.69) is 20.9 Å². The Morgan fingerprint density at radius 2 is 1.50 bits per heavy atom. The first-order valence-corrected chi connectivity index (χ1v) is 10.8. The second-order valence-electron chi connectivity index (χ2n) is 7.76. The Kier molecular flexibility index (Phi) is 12.2. The molecule has 1 rings (SSSR count). The summed E-state index contributed by atoms with van der Waals surface area (Å²) in [6, 6.07) is 1.93. The second kappa shape index (κ2) is 14.8. The van der Waals surface area contributed by atoms with Gasteiger partial charge in [0, 0.05) is 6.54 Å². The molecule has 1 aromatic rings. The maximum absolute atomic E-state index is 12.8. The number of nitrogens with zero attached hydrogens (tertiary/aromatic N) is 1. The third-order valence-corrected chi connectivity index (χ3v) is 4.73. The average Bonchev–Trinajstić information content (AvgIpc) is 2.79. The molecule has 0 saturated carbocycles. The van der Waals surface area contributed by atoms with E-state index < -0.39 is 60.8 Å². The highest BCUT2D eigenvalue weighted by molar-refractivity contribution is 5.95. The molecule has 0 fully saturated rings. The van der Waals surface area contributed by atoms with Crippen molar-refractivity contribution >= 4 is 35.6 Å². The molecule has 36 heavy (non-hydrogen) atoms. The maximum Gasteiger partial charge on any atom is 0.322 e. The Bertz CT molecular complexity index is 964. The number of aliphatic carboxylic acids is 2. The van der Waals surface area contributed by atoms with E-state index in [0.717, 1.165) is 0 Å². The number of aliphatic imine (C=N–C) groups is 1. The Labute approximate surface area is 206 Å². The number of amides is 3. The lowest BCUT2D eigenvalue weighted by atomic mass is 10.0. The standard InChI is InChI=1S/C21H31N7O8/c22-13(8-11-3-5-12(29)6-4-11)18(34)28-15(9-16(30)31)20(36)27-14(2-1-7-25-21(23)24)19(35)26-10-17(32)33/h3-6,13-15,29H,1-2,7-10,22H2,(H,26,35)(H,27,36)(H,28,34)(H,30,31)(H,32,33)(H4,23,24,25). The first-order chi connectivity index (χ1) is 16.9. The molecule has 15 nitrogen and oxygen atoms in total. The fraction of sp³-hybridized carbons (Fsp3) is 0.429. The molecule has 0 bridgehead atoms. The molecule has 0 aromatic heterocycles. The number of benzene rings is 1. The SMILES string of the molecule is NC(N)=NCCCC(NC(=O)C(CC(=O)O)NC(=O)C(N)Cc1ccc(O)cc1)C(=O)NCC(=O)O. The van der Waals surface area contributed by atoms with Gasteiger partial charge in [0.2, 0.25) is 17.7 Å². The van der Waals surface area contributed by atoms with Gasteiger partial charge in [-0.15, -0.1) is 0 Å². The van der Waals surface area contributed by atoms with Gasteiger partial charge in [-0.25, -0.2) is 0 Å². The molecule has 0 saturated heterocycles. The number of aromatic hydroxyl groups is 1. The number of nitrogens with one attached hydrogen (secondary N) is 3. The lowest BCUT2D eigenvalue weighted by Crippen LogP contribution is -2.56. The van der Waals surface area contributed by atoms with Crippen molar-refractivity contribution in [3.8, 4) is 5.75 Å². The van der Waals surface area contributed by atoms with Crippen LogP contribution in [0, 0.1) is 0 Å². The van der Waals surface area contributed by atoms with Crippen LogP contribution in [0.25, 0.3) is 0 Å². The van der Waals surface area contributed by atoms with Crippen LogP contribution in [-0.2, 0) is 30.4 Å². The second-order valence-corrected chi connectivity index (χ2v) is 7.76. The highest BCUT2D eigenvalue weighted by Gasteiger charge is 2.29. The van der Waals surface area contributed by atoms with Crippen LogP contribution in [0.1, 0.15) is 24.8 Å². The van der Waals surface area contributed by atoms with Gasteiger partial charge in [-0.05, 0) is 37.0 Å². The Balaban J connectivity index is 2.90. The van der Waals surface area contributed by atoms with E-state index in [1.807, 2.05) is 0 Å². The van der Waals surface area contributed by atoms with Gasteiger partial charge in [-0.3, -0.25) is 29.0 Å². The molecular formula is C21H31N7O8. The van der Waals surface area contributed by atoms with Crippen LogP contribution in [0.5, 0.6) is 5.75 Å². The third kappa shape index (κ3) is 11.6. The number of carbonyl (C=O) groups is 5. The van der Waals surface area contributed by atoms with Crippen LogP contribution >= 0.6 is 0 Å². The zero-order chi connectivity index (χ0) is 27.3. The summed E-state index contributed by atoms with van der Waals surface area (Å²) >= 11 is 0. The summed E-state index contributed by atoms with van der Waals surface area (Å²) in [4.78, 5) is 63.5. The molecule has 3 unspecified atom stereocenters. The lowest BCUT2D eigenvalue weighted by molar-refractivity contribution is -0.141. The smallest absolute Gasteiger partial charge is 0.322 e. The first-order valence-electron chi connectivity index (χ1n) is 10.8. The molecular weight excluding hydrogens is 478 g/mol. The van der Waals surface area contributed by atoms with Crippen LogP contribution in [0.4, 0.5) is 0 Å². The van der Waals surface area contributed by atoms with Gasteiger partial charge in [0.15, 0.2) is 5.96 Å². The van der Waals surface area contributed by atoms with E-state index in [4.69, 9.17) is 22.3 Å². The van der Waals surface area contributed by atoms with Gasteiger partial charge in [0.05, 0.1) is 12.5 Å². The van der Waals surface area contributed by atoms with Gasteiger partial charge in [0.1, 0.15) is 24.4 Å². The van der Waals surface area contributed by atoms with E-state index in [0.29, 0.717) is 5.56 Å². The number of rotatable bonds is 15. The summed E-state index contributed by atoms with van der Waals surface area (Å²) < 4.78 is 0. The first kappa shape index (κ1) is 29.6. The fourth-order valence-corrected chi connectivity index (χ4v) is 2.97. The van der Waals surface area contributed by atoms with Crippen molar-refractivity contribution in [1.82, 2.24) is 16.0 Å². The number of nitrogens with two attached hydrogens (primary N) is 3. The van der Waals surface area contributed by atoms with E-state index in [9.17, 15) is 34.2 Å². The van der Waals surface area contributed by atoms with Crippen LogP contribution in [-0.4, -0.2) is 82.2 Å². The molecule has 0 aliphatic carbocycles. The van der Waals surface area contributed by atoms with Crippen LogP contribution in [0.15, 0.2) is 29.3 Å². The van der Waals surface area contributed by atoms with E-state index in [-0.39, 0.29) is 37.5 Å². The molecule has 15 heteroatoms. The summed E-state index contributed by atoms with van der Waals surface area (Å²) in [5.74, 6) is -5.51. The zero-order valence-electron chi connectivity index (χ0n) is 19.3. The monoisotopic (exact) mass is 509 g/mol. The fourth-order valence-electron chi connectivity index (χ4n) is 2.97.